The van der Waals surface area contributed by atoms with Gasteiger partial charge >= 0.3 is 0 Å². The molecule has 1 aromatic rings. The number of benzene rings is 1. The zero-order valence-corrected chi connectivity index (χ0v) is 11.7. The number of aliphatic hydroxyl groups excluding tert-OH is 1. The second-order valence-electron chi connectivity index (χ2n) is 3.60. The number of nitro benzene ring substituents is 1. The average Bonchev–Trinajstić information content (AvgIpc) is 2.30. The third-order valence-electron chi connectivity index (χ3n) is 2.11. The van der Waals surface area contributed by atoms with E-state index < -0.39 is 16.9 Å². The number of halogens is 2. The number of hydrogen-bond donors (Lipinski definition) is 2. The molecular weight excluding hydrogens is 327 g/mol. The lowest BCUT2D eigenvalue weighted by atomic mass is 10.1. The molecule has 1 rings (SSSR count). The molecule has 0 fully saturated rings. The number of nitrogens with one attached hydrogen (secondary N) is 1. The molecular formula is C10H10BrClN2O4. The monoisotopic (exact) mass is 336 g/mol. The molecule has 0 saturated carbocycles. The molecule has 0 aliphatic rings. The number of carbonyl (C=O) groups is 1. The molecule has 0 aliphatic heterocycles. The summed E-state index contributed by atoms with van der Waals surface area (Å²) >= 11 is 8.89. The predicted octanol–water partition coefficient (Wildman–Crippen LogP) is 2.12. The summed E-state index contributed by atoms with van der Waals surface area (Å²) in [6.45, 7) is 1.36. The third-order valence-corrected chi connectivity index (χ3v) is 2.97. The number of nitrogens with zero attached hydrogens (tertiary/aromatic N) is 1. The van der Waals surface area contributed by atoms with Gasteiger partial charge in [-0.25, -0.2) is 0 Å². The Morgan fingerprint density at radius 1 is 1.67 bits per heavy atom. The lowest BCUT2D eigenvalue weighted by Crippen LogP contribution is -2.35. The van der Waals surface area contributed by atoms with Crippen molar-refractivity contribution in [2.75, 3.05) is 6.61 Å². The fourth-order valence-corrected chi connectivity index (χ4v) is 1.93. The largest absolute Gasteiger partial charge is 0.394 e. The van der Waals surface area contributed by atoms with Gasteiger partial charge in [-0.05, 0) is 13.0 Å². The minimum Gasteiger partial charge on any atom is -0.394 e. The quantitative estimate of drug-likeness (QED) is 0.650. The van der Waals surface area contributed by atoms with Crippen molar-refractivity contribution in [3.05, 3.63) is 37.3 Å². The number of aliphatic hydroxyl groups is 1. The summed E-state index contributed by atoms with van der Waals surface area (Å²) in [5, 5.41) is 21.8. The van der Waals surface area contributed by atoms with Crippen molar-refractivity contribution in [3.8, 4) is 0 Å². The van der Waals surface area contributed by atoms with E-state index in [1.54, 1.807) is 6.92 Å². The van der Waals surface area contributed by atoms with Gasteiger partial charge in [0.15, 0.2) is 0 Å². The Labute approximate surface area is 116 Å². The van der Waals surface area contributed by atoms with E-state index in [0.717, 1.165) is 0 Å². The van der Waals surface area contributed by atoms with Crippen LogP contribution in [0.3, 0.4) is 0 Å². The number of carbonyl (C=O) groups excluding carboxylic acids is 1. The van der Waals surface area contributed by atoms with Crippen molar-refractivity contribution in [1.29, 1.82) is 0 Å². The van der Waals surface area contributed by atoms with Crippen LogP contribution in [0.4, 0.5) is 5.69 Å². The van der Waals surface area contributed by atoms with Crippen LogP contribution in [-0.2, 0) is 0 Å². The summed E-state index contributed by atoms with van der Waals surface area (Å²) in [5.41, 5.74) is -0.370. The third kappa shape index (κ3) is 3.41. The standard InChI is InChI=1S/C10H10BrClN2O4/c1-5(4-15)13-10(16)7-2-6(11)3-8(9(7)12)14(17)18/h2-3,5,15H,4H2,1H3,(H,13,16). The minimum absolute atomic E-state index is 0.0157. The summed E-state index contributed by atoms with van der Waals surface area (Å²) in [5.74, 6) is -0.578. The molecule has 2 N–H and O–H groups in total. The Balaban J connectivity index is 3.16. The molecule has 0 saturated heterocycles. The van der Waals surface area contributed by atoms with Gasteiger partial charge in [0, 0.05) is 16.6 Å². The maximum Gasteiger partial charge on any atom is 0.289 e. The fourth-order valence-electron chi connectivity index (χ4n) is 1.22. The van der Waals surface area contributed by atoms with Gasteiger partial charge in [-0.15, -0.1) is 0 Å². The van der Waals surface area contributed by atoms with Crippen LogP contribution in [0.15, 0.2) is 16.6 Å². The normalized spacial score (nSPS) is 12.0. The predicted molar refractivity (Wildman–Crippen MR) is 69.8 cm³/mol. The molecule has 6 nitrogen and oxygen atoms in total. The number of amides is 1. The van der Waals surface area contributed by atoms with E-state index in [9.17, 15) is 14.9 Å². The van der Waals surface area contributed by atoms with E-state index in [2.05, 4.69) is 21.2 Å². The molecule has 98 valence electrons. The minimum atomic E-state index is -0.667. The molecule has 8 heteroatoms. The van der Waals surface area contributed by atoms with Gasteiger partial charge in [0.2, 0.25) is 0 Å². The molecule has 1 atom stereocenters. The zero-order valence-electron chi connectivity index (χ0n) is 9.31. The highest BCUT2D eigenvalue weighted by molar-refractivity contribution is 9.10. The molecule has 0 radical (unpaired) electrons. The van der Waals surface area contributed by atoms with E-state index in [4.69, 9.17) is 16.7 Å². The van der Waals surface area contributed by atoms with Gasteiger partial charge in [0.25, 0.3) is 11.6 Å². The molecule has 1 aromatic carbocycles. The lowest BCUT2D eigenvalue weighted by Gasteiger charge is -2.12. The highest BCUT2D eigenvalue weighted by Gasteiger charge is 2.22. The maximum absolute atomic E-state index is 11.8. The molecule has 0 bridgehead atoms. The van der Waals surface area contributed by atoms with E-state index >= 15 is 0 Å². The molecule has 0 aliphatic carbocycles. The van der Waals surface area contributed by atoms with Crippen LogP contribution < -0.4 is 5.32 Å². The van der Waals surface area contributed by atoms with Gasteiger partial charge in [-0.2, -0.15) is 0 Å². The SMILES string of the molecule is CC(CO)NC(=O)c1cc(Br)cc([N+](=O)[O-])c1Cl. The first kappa shape index (κ1) is 14.9. The lowest BCUT2D eigenvalue weighted by molar-refractivity contribution is -0.384. The first-order valence-electron chi connectivity index (χ1n) is 4.92. The molecule has 1 amide bonds. The van der Waals surface area contributed by atoms with E-state index in [1.807, 2.05) is 0 Å². The molecule has 0 heterocycles. The van der Waals surface area contributed by atoms with Crippen molar-refractivity contribution in [2.24, 2.45) is 0 Å². The smallest absolute Gasteiger partial charge is 0.289 e. The number of rotatable bonds is 4. The first-order valence-corrected chi connectivity index (χ1v) is 6.09. The summed E-state index contributed by atoms with van der Waals surface area (Å²) in [6, 6.07) is 2.13. The van der Waals surface area contributed by atoms with Crippen LogP contribution in [0.25, 0.3) is 0 Å². The first-order chi connectivity index (χ1) is 8.36. The summed E-state index contributed by atoms with van der Waals surface area (Å²) in [7, 11) is 0. The number of nitro groups is 1. The number of hydrogen-bond acceptors (Lipinski definition) is 4. The summed E-state index contributed by atoms with van der Waals surface area (Å²) < 4.78 is 0.375. The van der Waals surface area contributed by atoms with E-state index in [-0.39, 0.29) is 22.9 Å². The van der Waals surface area contributed by atoms with Crippen molar-refractivity contribution in [2.45, 2.75) is 13.0 Å². The molecule has 0 spiro atoms. The van der Waals surface area contributed by atoms with Crippen LogP contribution in [-0.4, -0.2) is 28.6 Å². The molecule has 18 heavy (non-hydrogen) atoms. The zero-order chi connectivity index (χ0) is 13.9. The molecule has 1 unspecified atom stereocenters. The van der Waals surface area contributed by atoms with Gasteiger partial charge in [0.1, 0.15) is 5.02 Å². The van der Waals surface area contributed by atoms with Crippen molar-refractivity contribution in [3.63, 3.8) is 0 Å². The Bertz CT molecular complexity index is 495. The van der Waals surface area contributed by atoms with E-state index in [0.29, 0.717) is 4.47 Å². The maximum atomic E-state index is 11.8. The van der Waals surface area contributed by atoms with Crippen LogP contribution in [0.1, 0.15) is 17.3 Å². The van der Waals surface area contributed by atoms with Crippen molar-refractivity contribution in [1.82, 2.24) is 5.32 Å². The van der Waals surface area contributed by atoms with Gasteiger partial charge < -0.3 is 10.4 Å². The Morgan fingerprint density at radius 3 is 2.78 bits per heavy atom. The summed E-state index contributed by atoms with van der Waals surface area (Å²) in [6.07, 6.45) is 0. The molecule has 0 aromatic heterocycles. The highest BCUT2D eigenvalue weighted by atomic mass is 79.9. The van der Waals surface area contributed by atoms with Crippen LogP contribution >= 0.6 is 27.5 Å². The summed E-state index contributed by atoms with van der Waals surface area (Å²) in [4.78, 5) is 21.9. The Morgan fingerprint density at radius 2 is 2.28 bits per heavy atom. The topological polar surface area (TPSA) is 92.5 Å². The van der Waals surface area contributed by atoms with Crippen molar-refractivity contribution >= 4 is 39.1 Å². The average molecular weight is 338 g/mol. The second kappa shape index (κ2) is 6.12. The van der Waals surface area contributed by atoms with E-state index in [1.165, 1.54) is 12.1 Å². The van der Waals surface area contributed by atoms with Crippen LogP contribution in [0, 0.1) is 10.1 Å². The highest BCUT2D eigenvalue weighted by Crippen LogP contribution is 2.31. The Kier molecular flexibility index (Phi) is 5.06. The second-order valence-corrected chi connectivity index (χ2v) is 4.89. The Hall–Kier alpha value is -1.18. The van der Waals surface area contributed by atoms with Crippen LogP contribution in [0.5, 0.6) is 0 Å². The van der Waals surface area contributed by atoms with Crippen LogP contribution in [0.2, 0.25) is 5.02 Å². The van der Waals surface area contributed by atoms with Gasteiger partial charge in [0.05, 0.1) is 17.1 Å². The fraction of sp³-hybridized carbons (Fsp3) is 0.300. The van der Waals surface area contributed by atoms with Gasteiger partial charge in [-0.3, -0.25) is 14.9 Å². The van der Waals surface area contributed by atoms with Gasteiger partial charge in [-0.1, -0.05) is 27.5 Å². The van der Waals surface area contributed by atoms with Crippen molar-refractivity contribution < 1.29 is 14.8 Å².